The highest BCUT2D eigenvalue weighted by molar-refractivity contribution is 6.30. The van der Waals surface area contributed by atoms with E-state index in [1.807, 2.05) is 25.2 Å². The van der Waals surface area contributed by atoms with E-state index in [1.165, 1.54) is 5.56 Å². The van der Waals surface area contributed by atoms with E-state index in [4.69, 9.17) is 11.6 Å². The molecule has 0 N–H and O–H groups in total. The lowest BCUT2D eigenvalue weighted by molar-refractivity contribution is -0.133. The molecule has 3 aliphatic rings. The number of amides is 1. The summed E-state index contributed by atoms with van der Waals surface area (Å²) in [5.41, 5.74) is 1.24. The summed E-state index contributed by atoms with van der Waals surface area (Å²) in [5.74, 6) is 1.44. The first-order chi connectivity index (χ1) is 14.1. The van der Waals surface area contributed by atoms with Crippen LogP contribution in [0.15, 0.2) is 42.7 Å². The molecule has 0 bridgehead atoms. The second-order valence-corrected chi connectivity index (χ2v) is 9.01. The van der Waals surface area contributed by atoms with E-state index < -0.39 is 0 Å². The van der Waals surface area contributed by atoms with Crippen molar-refractivity contribution in [1.29, 1.82) is 0 Å². The second kappa shape index (κ2) is 7.26. The lowest BCUT2D eigenvalue weighted by Crippen LogP contribution is -2.55. The minimum Gasteiger partial charge on any atom is -0.340 e. The smallest absolute Gasteiger partial charge is 0.228 e. The van der Waals surface area contributed by atoms with Crippen LogP contribution in [0.25, 0.3) is 0 Å². The molecule has 2 atom stereocenters. The SMILES string of the molecule is CN1C(=O)[C@H]2CN(c3ncccn3)C[C@H]2C12CCN(Cc1ccc(Cl)cc1)CC2. The number of halogens is 1. The number of nitrogens with zero attached hydrogens (tertiary/aromatic N) is 5. The summed E-state index contributed by atoms with van der Waals surface area (Å²) in [4.78, 5) is 28.6. The molecule has 0 aliphatic carbocycles. The van der Waals surface area contributed by atoms with Crippen LogP contribution in [0.3, 0.4) is 0 Å². The van der Waals surface area contributed by atoms with E-state index in [2.05, 4.69) is 36.8 Å². The summed E-state index contributed by atoms with van der Waals surface area (Å²) in [5, 5.41) is 0.775. The Morgan fingerprint density at radius 1 is 1.10 bits per heavy atom. The standard InChI is InChI=1S/C22H26ClN5O/c1-26-20(29)18-14-28(21-24-9-2-10-25-21)15-19(18)22(26)7-11-27(12-8-22)13-16-3-5-17(23)6-4-16/h2-6,9-10,18-19H,7-8,11-15H2,1H3/t18-,19+/m0/s1. The van der Waals surface area contributed by atoms with Crippen molar-refractivity contribution in [3.63, 3.8) is 0 Å². The van der Waals surface area contributed by atoms with Gasteiger partial charge in [0.05, 0.1) is 11.5 Å². The minimum atomic E-state index is -0.0399. The number of fused-ring (bicyclic) bond motifs is 2. The van der Waals surface area contributed by atoms with Gasteiger partial charge in [-0.25, -0.2) is 9.97 Å². The fraction of sp³-hybridized carbons (Fsp3) is 0.500. The molecule has 0 radical (unpaired) electrons. The average molecular weight is 412 g/mol. The number of aromatic nitrogens is 2. The molecule has 2 aromatic rings. The van der Waals surface area contributed by atoms with Crippen LogP contribution in [0.5, 0.6) is 0 Å². The molecule has 0 unspecified atom stereocenters. The molecule has 4 heterocycles. The van der Waals surface area contributed by atoms with E-state index >= 15 is 0 Å². The zero-order chi connectivity index (χ0) is 20.0. The number of hydrogen-bond donors (Lipinski definition) is 0. The molecule has 6 nitrogen and oxygen atoms in total. The number of carbonyl (C=O) groups is 1. The Hall–Kier alpha value is -2.18. The summed E-state index contributed by atoms with van der Waals surface area (Å²) < 4.78 is 0. The number of anilines is 1. The number of benzene rings is 1. The van der Waals surface area contributed by atoms with Crippen LogP contribution >= 0.6 is 11.6 Å². The lowest BCUT2D eigenvalue weighted by Gasteiger charge is -2.46. The van der Waals surface area contributed by atoms with Gasteiger partial charge in [-0.1, -0.05) is 23.7 Å². The number of hydrogen-bond acceptors (Lipinski definition) is 5. The van der Waals surface area contributed by atoms with Gasteiger partial charge >= 0.3 is 0 Å². The molecule has 3 fully saturated rings. The first kappa shape index (κ1) is 18.8. The van der Waals surface area contributed by atoms with Gasteiger partial charge in [-0.3, -0.25) is 9.69 Å². The van der Waals surface area contributed by atoms with Crippen LogP contribution in [0.2, 0.25) is 5.02 Å². The van der Waals surface area contributed by atoms with Crippen LogP contribution in [0, 0.1) is 11.8 Å². The zero-order valence-corrected chi connectivity index (χ0v) is 17.4. The summed E-state index contributed by atoms with van der Waals surface area (Å²) in [6.45, 7) is 4.54. The fourth-order valence-electron chi connectivity index (χ4n) is 5.59. The molecule has 3 aliphatic heterocycles. The van der Waals surface area contributed by atoms with Crippen LogP contribution < -0.4 is 4.90 Å². The normalized spacial score (nSPS) is 26.3. The van der Waals surface area contributed by atoms with Gasteiger partial charge in [0.2, 0.25) is 11.9 Å². The van der Waals surface area contributed by atoms with Gasteiger partial charge in [0.25, 0.3) is 0 Å². The van der Waals surface area contributed by atoms with Gasteiger partial charge < -0.3 is 9.80 Å². The van der Waals surface area contributed by atoms with Crippen LogP contribution in [0.4, 0.5) is 5.95 Å². The Labute approximate surface area is 176 Å². The van der Waals surface area contributed by atoms with Gasteiger partial charge in [-0.2, -0.15) is 0 Å². The van der Waals surface area contributed by atoms with E-state index in [0.29, 0.717) is 11.8 Å². The summed E-state index contributed by atoms with van der Waals surface area (Å²) in [7, 11) is 2.01. The fourth-order valence-corrected chi connectivity index (χ4v) is 5.71. The van der Waals surface area contributed by atoms with Crippen LogP contribution in [-0.4, -0.2) is 64.4 Å². The van der Waals surface area contributed by atoms with Crippen LogP contribution in [-0.2, 0) is 11.3 Å². The molecule has 152 valence electrons. The van der Waals surface area contributed by atoms with Crippen LogP contribution in [0.1, 0.15) is 18.4 Å². The number of likely N-dealkylation sites (tertiary alicyclic amines) is 2. The highest BCUT2D eigenvalue weighted by atomic mass is 35.5. The Morgan fingerprint density at radius 2 is 1.79 bits per heavy atom. The third-order valence-corrected chi connectivity index (χ3v) is 7.45. The van der Waals surface area contributed by atoms with Gasteiger partial charge in [0.1, 0.15) is 0 Å². The highest BCUT2D eigenvalue weighted by Crippen LogP contribution is 2.49. The van der Waals surface area contributed by atoms with Crippen molar-refractivity contribution in [2.75, 3.05) is 38.1 Å². The van der Waals surface area contributed by atoms with Crippen molar-refractivity contribution >= 4 is 23.5 Å². The third kappa shape index (κ3) is 3.19. The summed E-state index contributed by atoms with van der Waals surface area (Å²) in [6, 6.07) is 9.94. The molecule has 7 heteroatoms. The molecule has 1 aromatic carbocycles. The molecule has 1 amide bonds. The maximum atomic E-state index is 13.1. The van der Waals surface area contributed by atoms with Crippen molar-refractivity contribution in [2.45, 2.75) is 24.9 Å². The Kier molecular flexibility index (Phi) is 4.71. The molecule has 29 heavy (non-hydrogen) atoms. The Bertz CT molecular complexity index is 882. The zero-order valence-electron chi connectivity index (χ0n) is 16.7. The topological polar surface area (TPSA) is 52.6 Å². The molecule has 1 spiro atoms. The van der Waals surface area contributed by atoms with E-state index in [1.54, 1.807) is 12.4 Å². The van der Waals surface area contributed by atoms with Gasteiger partial charge in [0, 0.05) is 63.1 Å². The van der Waals surface area contributed by atoms with Gasteiger partial charge in [-0.15, -0.1) is 0 Å². The quantitative estimate of drug-likeness (QED) is 0.777. The number of carbonyl (C=O) groups excluding carboxylic acids is 1. The Balaban J connectivity index is 1.30. The van der Waals surface area contributed by atoms with Gasteiger partial charge in [-0.05, 0) is 36.6 Å². The molecular formula is C22H26ClN5O. The maximum absolute atomic E-state index is 13.1. The molecular weight excluding hydrogens is 386 g/mol. The molecule has 5 rings (SSSR count). The van der Waals surface area contributed by atoms with E-state index in [9.17, 15) is 4.79 Å². The van der Waals surface area contributed by atoms with E-state index in [-0.39, 0.29) is 11.5 Å². The van der Waals surface area contributed by atoms with Crippen molar-refractivity contribution in [2.24, 2.45) is 11.8 Å². The van der Waals surface area contributed by atoms with Gasteiger partial charge in [0.15, 0.2) is 0 Å². The summed E-state index contributed by atoms with van der Waals surface area (Å²) in [6.07, 6.45) is 5.59. The molecule has 3 saturated heterocycles. The van der Waals surface area contributed by atoms with E-state index in [0.717, 1.165) is 56.5 Å². The number of rotatable bonds is 3. The largest absolute Gasteiger partial charge is 0.340 e. The highest BCUT2D eigenvalue weighted by Gasteiger charge is 2.60. The van der Waals surface area contributed by atoms with Crippen molar-refractivity contribution in [3.05, 3.63) is 53.3 Å². The molecule has 0 saturated carbocycles. The predicted octanol–water partition coefficient (Wildman–Crippen LogP) is 2.69. The first-order valence-electron chi connectivity index (χ1n) is 10.3. The second-order valence-electron chi connectivity index (χ2n) is 8.57. The number of piperidine rings is 1. The maximum Gasteiger partial charge on any atom is 0.228 e. The monoisotopic (exact) mass is 411 g/mol. The third-order valence-electron chi connectivity index (χ3n) is 7.20. The predicted molar refractivity (Wildman–Crippen MR) is 113 cm³/mol. The minimum absolute atomic E-state index is 0.0399. The molecule has 1 aromatic heterocycles. The summed E-state index contributed by atoms with van der Waals surface area (Å²) >= 11 is 6.01. The Morgan fingerprint density at radius 3 is 2.48 bits per heavy atom. The van der Waals surface area contributed by atoms with Crippen molar-refractivity contribution < 1.29 is 4.79 Å². The average Bonchev–Trinajstić information content (AvgIpc) is 3.28. The van der Waals surface area contributed by atoms with Crippen molar-refractivity contribution in [3.8, 4) is 0 Å². The van der Waals surface area contributed by atoms with Crippen molar-refractivity contribution in [1.82, 2.24) is 19.8 Å². The lowest BCUT2D eigenvalue weighted by atomic mass is 9.75. The first-order valence-corrected chi connectivity index (χ1v) is 10.7.